The van der Waals surface area contributed by atoms with Gasteiger partial charge in [0.25, 0.3) is 0 Å². The molecule has 2 aromatic rings. The first kappa shape index (κ1) is 18.2. The van der Waals surface area contributed by atoms with Crippen LogP contribution in [0.4, 0.5) is 11.4 Å². The first-order valence-electron chi connectivity index (χ1n) is 9.14. The van der Waals surface area contributed by atoms with Gasteiger partial charge in [0.2, 0.25) is 11.8 Å². The summed E-state index contributed by atoms with van der Waals surface area (Å²) in [4.78, 5) is 24.9. The van der Waals surface area contributed by atoms with E-state index in [0.717, 1.165) is 22.5 Å². The van der Waals surface area contributed by atoms with Gasteiger partial charge >= 0.3 is 0 Å². The molecule has 2 amide bonds. The van der Waals surface area contributed by atoms with Gasteiger partial charge in [0, 0.05) is 11.4 Å². The molecule has 1 saturated carbocycles. The summed E-state index contributed by atoms with van der Waals surface area (Å²) in [5, 5.41) is 5.91. The van der Waals surface area contributed by atoms with Crippen molar-refractivity contribution in [3.05, 3.63) is 59.2 Å². The topological polar surface area (TPSA) is 58.2 Å². The van der Waals surface area contributed by atoms with Crippen molar-refractivity contribution in [2.75, 3.05) is 10.6 Å². The van der Waals surface area contributed by atoms with Gasteiger partial charge in [-0.3, -0.25) is 9.59 Å². The fourth-order valence-corrected chi connectivity index (χ4v) is 3.19. The number of anilines is 2. The van der Waals surface area contributed by atoms with Crippen LogP contribution in [0, 0.1) is 25.7 Å². The third-order valence-electron chi connectivity index (χ3n) is 5.04. The molecule has 0 bridgehead atoms. The molecular weight excluding hydrogens is 324 g/mol. The number of hydrogen-bond donors (Lipinski definition) is 2. The maximum absolute atomic E-state index is 12.5. The smallest absolute Gasteiger partial charge is 0.228 e. The molecule has 4 nitrogen and oxygen atoms in total. The summed E-state index contributed by atoms with van der Waals surface area (Å²) in [5.74, 6) is -0.184. The Bertz CT molecular complexity index is 804. The summed E-state index contributed by atoms with van der Waals surface area (Å²) in [6.45, 7) is 8.22. The molecule has 1 fully saturated rings. The average Bonchev–Trinajstić information content (AvgIpc) is 3.39. The zero-order valence-electron chi connectivity index (χ0n) is 15.8. The molecular formula is C22H26N2O2. The zero-order valence-corrected chi connectivity index (χ0v) is 15.8. The second-order valence-corrected chi connectivity index (χ2v) is 7.47. The predicted molar refractivity (Wildman–Crippen MR) is 105 cm³/mol. The minimum absolute atomic E-state index is 0.0716. The van der Waals surface area contributed by atoms with Crippen LogP contribution in [0.15, 0.2) is 42.5 Å². The van der Waals surface area contributed by atoms with E-state index in [-0.39, 0.29) is 23.7 Å². The highest BCUT2D eigenvalue weighted by atomic mass is 16.2. The van der Waals surface area contributed by atoms with Gasteiger partial charge in [-0.15, -0.1) is 0 Å². The van der Waals surface area contributed by atoms with Crippen LogP contribution in [-0.2, 0) is 9.59 Å². The van der Waals surface area contributed by atoms with Crippen molar-refractivity contribution in [3.8, 4) is 0 Å². The number of para-hydroxylation sites is 1. The summed E-state index contributed by atoms with van der Waals surface area (Å²) in [6, 6.07) is 13.8. The van der Waals surface area contributed by atoms with Crippen LogP contribution in [0.5, 0.6) is 0 Å². The predicted octanol–water partition coefficient (Wildman–Crippen LogP) is 4.64. The van der Waals surface area contributed by atoms with Gasteiger partial charge in [0.15, 0.2) is 0 Å². The lowest BCUT2D eigenvalue weighted by Gasteiger charge is -2.11. The largest absolute Gasteiger partial charge is 0.326 e. The van der Waals surface area contributed by atoms with Crippen LogP contribution in [0.25, 0.3) is 0 Å². The van der Waals surface area contributed by atoms with E-state index in [2.05, 4.69) is 24.5 Å². The number of rotatable bonds is 5. The molecule has 0 saturated heterocycles. The van der Waals surface area contributed by atoms with Crippen molar-refractivity contribution in [3.63, 3.8) is 0 Å². The SMILES string of the molecule is Cc1cccc(C)c1NC(=O)C1CC1C(=O)Nc1ccc(C(C)C)cc1. The number of benzene rings is 2. The molecule has 2 N–H and O–H groups in total. The molecule has 0 radical (unpaired) electrons. The second-order valence-electron chi connectivity index (χ2n) is 7.47. The summed E-state index contributed by atoms with van der Waals surface area (Å²) >= 11 is 0. The van der Waals surface area contributed by atoms with E-state index >= 15 is 0 Å². The van der Waals surface area contributed by atoms with E-state index in [9.17, 15) is 9.59 Å². The molecule has 2 unspecified atom stereocenters. The van der Waals surface area contributed by atoms with E-state index in [1.54, 1.807) is 0 Å². The maximum atomic E-state index is 12.5. The Morgan fingerprint density at radius 3 is 1.96 bits per heavy atom. The molecule has 0 spiro atoms. The zero-order chi connectivity index (χ0) is 18.8. The molecule has 26 heavy (non-hydrogen) atoms. The van der Waals surface area contributed by atoms with Gasteiger partial charge in [-0.05, 0) is 55.0 Å². The highest BCUT2D eigenvalue weighted by Gasteiger charge is 2.48. The molecule has 0 heterocycles. The summed E-state index contributed by atoms with van der Waals surface area (Å²) in [6.07, 6.45) is 0.604. The number of amides is 2. The Morgan fingerprint density at radius 2 is 1.42 bits per heavy atom. The normalized spacial score (nSPS) is 18.5. The fourth-order valence-electron chi connectivity index (χ4n) is 3.19. The van der Waals surface area contributed by atoms with Crippen molar-refractivity contribution in [2.45, 2.75) is 40.0 Å². The van der Waals surface area contributed by atoms with Crippen molar-refractivity contribution < 1.29 is 9.59 Å². The Morgan fingerprint density at radius 1 is 0.885 bits per heavy atom. The van der Waals surface area contributed by atoms with Crippen LogP contribution < -0.4 is 10.6 Å². The van der Waals surface area contributed by atoms with Crippen molar-refractivity contribution in [1.29, 1.82) is 0 Å². The maximum Gasteiger partial charge on any atom is 0.228 e. The highest BCUT2D eigenvalue weighted by Crippen LogP contribution is 2.40. The molecule has 0 aromatic heterocycles. The standard InChI is InChI=1S/C22H26N2O2/c1-13(2)16-8-10-17(11-9-16)23-21(25)18-12-19(18)22(26)24-20-14(3)6-5-7-15(20)4/h5-11,13,18-19H,12H2,1-4H3,(H,23,25)(H,24,26). The molecule has 0 aliphatic heterocycles. The minimum Gasteiger partial charge on any atom is -0.326 e. The summed E-state index contributed by atoms with van der Waals surface area (Å²) in [7, 11) is 0. The van der Waals surface area contributed by atoms with Crippen LogP contribution in [0.3, 0.4) is 0 Å². The van der Waals surface area contributed by atoms with Gasteiger partial charge < -0.3 is 10.6 Å². The van der Waals surface area contributed by atoms with Gasteiger partial charge in [0.1, 0.15) is 0 Å². The van der Waals surface area contributed by atoms with Crippen molar-refractivity contribution in [1.82, 2.24) is 0 Å². The van der Waals surface area contributed by atoms with E-state index in [4.69, 9.17) is 0 Å². The third-order valence-corrected chi connectivity index (χ3v) is 5.04. The molecule has 2 atom stereocenters. The number of aryl methyl sites for hydroxylation is 2. The van der Waals surface area contributed by atoms with Crippen LogP contribution in [-0.4, -0.2) is 11.8 Å². The number of carbonyl (C=O) groups excluding carboxylic acids is 2. The quantitative estimate of drug-likeness (QED) is 0.825. The van der Waals surface area contributed by atoms with E-state index in [1.807, 2.05) is 56.3 Å². The highest BCUT2D eigenvalue weighted by molar-refractivity contribution is 6.03. The molecule has 3 rings (SSSR count). The van der Waals surface area contributed by atoms with E-state index in [1.165, 1.54) is 5.56 Å². The molecule has 1 aliphatic rings. The van der Waals surface area contributed by atoms with Crippen LogP contribution in [0.1, 0.15) is 42.9 Å². The first-order chi connectivity index (χ1) is 12.4. The second kappa shape index (κ2) is 7.32. The Hall–Kier alpha value is -2.62. The molecule has 2 aromatic carbocycles. The average molecular weight is 350 g/mol. The third kappa shape index (κ3) is 3.96. The van der Waals surface area contributed by atoms with Crippen LogP contribution >= 0.6 is 0 Å². The van der Waals surface area contributed by atoms with Gasteiger partial charge in [-0.25, -0.2) is 0 Å². The number of carbonyl (C=O) groups is 2. The van der Waals surface area contributed by atoms with Gasteiger partial charge in [-0.2, -0.15) is 0 Å². The summed E-state index contributed by atoms with van der Waals surface area (Å²) in [5.41, 5.74) is 4.93. The van der Waals surface area contributed by atoms with Gasteiger partial charge in [-0.1, -0.05) is 44.2 Å². The monoisotopic (exact) mass is 350 g/mol. The van der Waals surface area contributed by atoms with E-state index < -0.39 is 0 Å². The lowest BCUT2D eigenvalue weighted by Crippen LogP contribution is -2.21. The molecule has 136 valence electrons. The van der Waals surface area contributed by atoms with Crippen LogP contribution in [0.2, 0.25) is 0 Å². The summed E-state index contributed by atoms with van der Waals surface area (Å²) < 4.78 is 0. The van der Waals surface area contributed by atoms with Crippen molar-refractivity contribution >= 4 is 23.2 Å². The first-order valence-corrected chi connectivity index (χ1v) is 9.14. The molecule has 4 heteroatoms. The number of nitrogens with one attached hydrogen (secondary N) is 2. The Kier molecular flexibility index (Phi) is 5.12. The lowest BCUT2D eigenvalue weighted by molar-refractivity contribution is -0.122. The fraction of sp³-hybridized carbons (Fsp3) is 0.364. The Balaban J connectivity index is 1.57. The van der Waals surface area contributed by atoms with Crippen molar-refractivity contribution in [2.24, 2.45) is 11.8 Å². The van der Waals surface area contributed by atoms with Gasteiger partial charge in [0.05, 0.1) is 11.8 Å². The minimum atomic E-state index is -0.246. The Labute approximate surface area is 155 Å². The molecule has 1 aliphatic carbocycles. The lowest BCUT2D eigenvalue weighted by atomic mass is 10.0. The van der Waals surface area contributed by atoms with E-state index in [0.29, 0.717) is 12.3 Å². The number of hydrogen-bond acceptors (Lipinski definition) is 2.